The number of primary amides is 1. The molecule has 0 bridgehead atoms. The molecule has 0 unspecified atom stereocenters. The van der Waals surface area contributed by atoms with Gasteiger partial charge in [-0.3, -0.25) is 0 Å². The molecule has 2 N–H and O–H groups in total. The molecule has 0 fully saturated rings. The van der Waals surface area contributed by atoms with Gasteiger partial charge in [-0.2, -0.15) is 0 Å². The highest BCUT2D eigenvalue weighted by Gasteiger charge is 2.01. The molecule has 0 aromatic carbocycles. The summed E-state index contributed by atoms with van der Waals surface area (Å²) in [6.45, 7) is 6.61. The van der Waals surface area contributed by atoms with Crippen LogP contribution in [0.2, 0.25) is 0 Å². The Hall–Kier alpha value is -0.770. The SMILES string of the molecule is CC(C)CCCOCCCN(C)C(N)=O. The van der Waals surface area contributed by atoms with E-state index < -0.39 is 0 Å². The number of hydrogen-bond donors (Lipinski definition) is 1. The van der Waals surface area contributed by atoms with Gasteiger partial charge in [0.15, 0.2) is 0 Å². The first-order valence-corrected chi connectivity index (χ1v) is 5.62. The van der Waals surface area contributed by atoms with Crippen LogP contribution in [0.3, 0.4) is 0 Å². The molecule has 4 nitrogen and oxygen atoms in total. The van der Waals surface area contributed by atoms with E-state index in [-0.39, 0.29) is 6.03 Å². The van der Waals surface area contributed by atoms with Crippen molar-refractivity contribution in [2.45, 2.75) is 33.1 Å². The molecular formula is C11H24N2O2. The van der Waals surface area contributed by atoms with Crippen molar-refractivity contribution >= 4 is 6.03 Å². The fraction of sp³-hybridized carbons (Fsp3) is 0.909. The van der Waals surface area contributed by atoms with Crippen molar-refractivity contribution in [3.8, 4) is 0 Å². The Morgan fingerprint density at radius 1 is 1.33 bits per heavy atom. The summed E-state index contributed by atoms with van der Waals surface area (Å²) in [5.41, 5.74) is 5.08. The van der Waals surface area contributed by atoms with Gasteiger partial charge in [0.25, 0.3) is 0 Å². The molecule has 15 heavy (non-hydrogen) atoms. The zero-order valence-electron chi connectivity index (χ0n) is 10.2. The molecule has 0 aliphatic rings. The minimum atomic E-state index is -0.380. The first kappa shape index (κ1) is 14.2. The summed E-state index contributed by atoms with van der Waals surface area (Å²) < 4.78 is 5.44. The molecule has 0 aromatic heterocycles. The van der Waals surface area contributed by atoms with E-state index >= 15 is 0 Å². The van der Waals surface area contributed by atoms with E-state index in [0.29, 0.717) is 13.2 Å². The van der Waals surface area contributed by atoms with Crippen molar-refractivity contribution in [2.75, 3.05) is 26.8 Å². The van der Waals surface area contributed by atoms with Gasteiger partial charge < -0.3 is 15.4 Å². The lowest BCUT2D eigenvalue weighted by Crippen LogP contribution is -2.33. The van der Waals surface area contributed by atoms with E-state index in [9.17, 15) is 4.79 Å². The third kappa shape index (κ3) is 9.53. The predicted octanol–water partition coefficient (Wildman–Crippen LogP) is 1.84. The van der Waals surface area contributed by atoms with Crippen LogP contribution in [0.1, 0.15) is 33.1 Å². The van der Waals surface area contributed by atoms with Crippen molar-refractivity contribution in [1.82, 2.24) is 4.90 Å². The number of nitrogens with two attached hydrogens (primary N) is 1. The number of amides is 2. The molecule has 0 saturated carbocycles. The van der Waals surface area contributed by atoms with Gasteiger partial charge in [-0.1, -0.05) is 13.8 Å². The standard InChI is InChI=1S/C11H24N2O2/c1-10(2)6-4-8-15-9-5-7-13(3)11(12)14/h10H,4-9H2,1-3H3,(H2,12,14). The van der Waals surface area contributed by atoms with Crippen molar-refractivity contribution in [2.24, 2.45) is 11.7 Å². The van der Waals surface area contributed by atoms with Crippen LogP contribution in [0.15, 0.2) is 0 Å². The molecule has 0 radical (unpaired) electrons. The Kier molecular flexibility index (Phi) is 8.09. The maximum absolute atomic E-state index is 10.6. The van der Waals surface area contributed by atoms with Gasteiger partial charge >= 0.3 is 6.03 Å². The molecule has 0 aromatic rings. The van der Waals surface area contributed by atoms with Crippen molar-refractivity contribution < 1.29 is 9.53 Å². The van der Waals surface area contributed by atoms with E-state index in [4.69, 9.17) is 10.5 Å². The lowest BCUT2D eigenvalue weighted by atomic mass is 10.1. The van der Waals surface area contributed by atoms with Crippen molar-refractivity contribution in [1.29, 1.82) is 0 Å². The first-order valence-electron chi connectivity index (χ1n) is 5.62. The summed E-state index contributed by atoms with van der Waals surface area (Å²) in [6, 6.07) is -0.380. The van der Waals surface area contributed by atoms with Crippen LogP contribution < -0.4 is 5.73 Å². The van der Waals surface area contributed by atoms with Gasteiger partial charge in [-0.05, 0) is 25.2 Å². The molecule has 4 heteroatoms. The monoisotopic (exact) mass is 216 g/mol. The van der Waals surface area contributed by atoms with Crippen LogP contribution in [0.5, 0.6) is 0 Å². The number of hydrogen-bond acceptors (Lipinski definition) is 2. The highest BCUT2D eigenvalue weighted by atomic mass is 16.5. The van der Waals surface area contributed by atoms with Gasteiger partial charge in [0.05, 0.1) is 0 Å². The van der Waals surface area contributed by atoms with Crippen LogP contribution in [-0.2, 0) is 4.74 Å². The van der Waals surface area contributed by atoms with E-state index in [2.05, 4.69) is 13.8 Å². The first-order chi connectivity index (χ1) is 7.04. The Morgan fingerprint density at radius 3 is 2.47 bits per heavy atom. The van der Waals surface area contributed by atoms with Crippen LogP contribution >= 0.6 is 0 Å². The largest absolute Gasteiger partial charge is 0.381 e. The summed E-state index contributed by atoms with van der Waals surface area (Å²) in [7, 11) is 1.70. The Balaban J connectivity index is 3.15. The predicted molar refractivity (Wildman–Crippen MR) is 61.7 cm³/mol. The van der Waals surface area contributed by atoms with Crippen LogP contribution in [0.25, 0.3) is 0 Å². The summed E-state index contributed by atoms with van der Waals surface area (Å²) in [5, 5.41) is 0. The van der Waals surface area contributed by atoms with Crippen LogP contribution in [-0.4, -0.2) is 37.7 Å². The molecule has 90 valence electrons. The normalized spacial score (nSPS) is 10.7. The molecule has 0 rings (SSSR count). The average molecular weight is 216 g/mol. The lowest BCUT2D eigenvalue weighted by Gasteiger charge is -2.13. The van der Waals surface area contributed by atoms with Gasteiger partial charge in [-0.25, -0.2) is 4.79 Å². The summed E-state index contributed by atoms with van der Waals surface area (Å²) in [6.07, 6.45) is 3.17. The van der Waals surface area contributed by atoms with Crippen molar-refractivity contribution in [3.63, 3.8) is 0 Å². The number of carbonyl (C=O) groups is 1. The second kappa shape index (κ2) is 8.53. The molecular weight excluding hydrogens is 192 g/mol. The molecule has 0 heterocycles. The van der Waals surface area contributed by atoms with Gasteiger partial charge in [0.1, 0.15) is 0 Å². The second-order valence-electron chi connectivity index (χ2n) is 4.26. The number of nitrogens with zero attached hydrogens (tertiary/aromatic N) is 1. The third-order valence-corrected chi connectivity index (χ3v) is 2.23. The quantitative estimate of drug-likeness (QED) is 0.629. The Labute approximate surface area is 92.8 Å². The molecule has 0 saturated heterocycles. The van der Waals surface area contributed by atoms with Gasteiger partial charge in [0.2, 0.25) is 0 Å². The number of ether oxygens (including phenoxy) is 1. The summed E-state index contributed by atoms with van der Waals surface area (Å²) in [4.78, 5) is 12.1. The molecule has 0 aliphatic heterocycles. The van der Waals surface area contributed by atoms with Crippen LogP contribution in [0.4, 0.5) is 4.79 Å². The fourth-order valence-corrected chi connectivity index (χ4v) is 1.21. The lowest BCUT2D eigenvalue weighted by molar-refractivity contribution is 0.120. The molecule has 2 amide bonds. The number of rotatable bonds is 8. The topological polar surface area (TPSA) is 55.6 Å². The van der Waals surface area contributed by atoms with E-state index in [1.807, 2.05) is 0 Å². The smallest absolute Gasteiger partial charge is 0.314 e. The number of carbonyl (C=O) groups excluding carboxylic acids is 1. The summed E-state index contributed by atoms with van der Waals surface area (Å²) >= 11 is 0. The van der Waals surface area contributed by atoms with Crippen molar-refractivity contribution in [3.05, 3.63) is 0 Å². The zero-order valence-corrected chi connectivity index (χ0v) is 10.2. The minimum absolute atomic E-state index is 0.380. The molecule has 0 spiro atoms. The highest BCUT2D eigenvalue weighted by Crippen LogP contribution is 2.03. The number of urea groups is 1. The van der Waals surface area contributed by atoms with Gasteiger partial charge in [-0.15, -0.1) is 0 Å². The van der Waals surface area contributed by atoms with E-state index in [1.165, 1.54) is 11.3 Å². The summed E-state index contributed by atoms with van der Waals surface area (Å²) in [5.74, 6) is 0.745. The Morgan fingerprint density at radius 2 is 1.93 bits per heavy atom. The zero-order chi connectivity index (χ0) is 11.7. The molecule has 0 atom stereocenters. The van der Waals surface area contributed by atoms with Gasteiger partial charge in [0, 0.05) is 26.8 Å². The van der Waals surface area contributed by atoms with E-state index in [0.717, 1.165) is 25.4 Å². The van der Waals surface area contributed by atoms with Crippen LogP contribution in [0, 0.1) is 5.92 Å². The average Bonchev–Trinajstić information content (AvgIpc) is 2.15. The Bertz CT molecular complexity index is 172. The fourth-order valence-electron chi connectivity index (χ4n) is 1.21. The second-order valence-corrected chi connectivity index (χ2v) is 4.26. The maximum atomic E-state index is 10.6. The maximum Gasteiger partial charge on any atom is 0.314 e. The highest BCUT2D eigenvalue weighted by molar-refractivity contribution is 5.71. The van der Waals surface area contributed by atoms with E-state index in [1.54, 1.807) is 7.05 Å². The third-order valence-electron chi connectivity index (χ3n) is 2.23. The minimum Gasteiger partial charge on any atom is -0.381 e. The molecule has 0 aliphatic carbocycles.